The monoisotopic (exact) mass is 725 g/mol. The number of alkyl halides is 6. The number of nitrogens with zero attached hydrogens (tertiary/aromatic N) is 3. The van der Waals surface area contributed by atoms with Crippen molar-refractivity contribution in [2.45, 2.75) is 78.2 Å². The van der Waals surface area contributed by atoms with E-state index < -0.39 is 29.0 Å². The fraction of sp³-hybridized carbons (Fsp3) is 0.295. The molecule has 1 atom stereocenters. The van der Waals surface area contributed by atoms with Crippen molar-refractivity contribution in [3.05, 3.63) is 130 Å². The maximum absolute atomic E-state index is 14.4. The number of rotatable bonds is 6. The molecule has 53 heavy (non-hydrogen) atoms. The largest absolute Gasteiger partial charge is 0.417 e. The SMILES string of the molecule is CCc1ccc(N(C)c2cc(-c3c(C(F)(F)F)cccc3C(F)(F)F)ccc2-c2cc(C#N)ccc2N2c3ccc(C(C)(C)C)cc3CC2C)c(C)c1. The summed E-state index contributed by atoms with van der Waals surface area (Å²) in [5.74, 6) is 0. The number of fused-ring (bicyclic) bond motifs is 1. The molecular formula is C44H41F6N3. The molecule has 5 aromatic carbocycles. The van der Waals surface area contributed by atoms with Crippen LogP contribution in [0.15, 0.2) is 91.0 Å². The number of anilines is 4. The van der Waals surface area contributed by atoms with Gasteiger partial charge in [0, 0.05) is 52.5 Å². The second-order valence-corrected chi connectivity index (χ2v) is 14.8. The number of aryl methyl sites for hydroxylation is 2. The summed E-state index contributed by atoms with van der Waals surface area (Å²) in [5.41, 5.74) is 4.79. The molecule has 9 heteroatoms. The summed E-state index contributed by atoms with van der Waals surface area (Å²) in [6.07, 6.45) is -8.54. The Hall–Kier alpha value is -5.23. The van der Waals surface area contributed by atoms with Crippen molar-refractivity contribution in [3.8, 4) is 28.3 Å². The standard InChI is InChI=1S/C44H41F6N3/c1-8-28-12-17-37(26(2)20-28)52(7)40-24-30(41-35(43(45,46)47)10-9-11-36(41)44(48,49)50)14-16-33(40)34-22-29(25-51)13-18-39(34)53-27(3)21-31-23-32(42(4,5)6)15-19-38(31)53/h9-20,22-24,27H,8,21H2,1-7H3. The van der Waals surface area contributed by atoms with Crippen molar-refractivity contribution in [1.82, 2.24) is 0 Å². The van der Waals surface area contributed by atoms with Gasteiger partial charge in [0.15, 0.2) is 0 Å². The summed E-state index contributed by atoms with van der Waals surface area (Å²) < 4.78 is 86.6. The molecule has 0 saturated carbocycles. The van der Waals surface area contributed by atoms with Crippen LogP contribution in [0.4, 0.5) is 49.1 Å². The Morgan fingerprint density at radius 3 is 2.02 bits per heavy atom. The zero-order chi connectivity index (χ0) is 38.6. The Morgan fingerprint density at radius 1 is 0.774 bits per heavy atom. The highest BCUT2D eigenvalue weighted by Gasteiger charge is 2.41. The maximum atomic E-state index is 14.4. The lowest BCUT2D eigenvalue weighted by Gasteiger charge is -2.31. The van der Waals surface area contributed by atoms with E-state index in [1.54, 1.807) is 30.1 Å². The lowest BCUT2D eigenvalue weighted by Crippen LogP contribution is -2.24. The van der Waals surface area contributed by atoms with Crippen LogP contribution in [0.2, 0.25) is 0 Å². The molecule has 0 N–H and O–H groups in total. The highest BCUT2D eigenvalue weighted by molar-refractivity contribution is 5.94. The fourth-order valence-electron chi connectivity index (χ4n) is 7.47. The van der Waals surface area contributed by atoms with Crippen LogP contribution in [0.3, 0.4) is 0 Å². The lowest BCUT2D eigenvalue weighted by molar-refractivity contribution is -0.142. The van der Waals surface area contributed by atoms with Gasteiger partial charge in [-0.1, -0.05) is 70.2 Å². The first-order valence-electron chi connectivity index (χ1n) is 17.6. The van der Waals surface area contributed by atoms with Crippen LogP contribution in [0.25, 0.3) is 22.3 Å². The summed E-state index contributed by atoms with van der Waals surface area (Å²) in [5, 5.41) is 10.0. The van der Waals surface area contributed by atoms with Gasteiger partial charge in [0.1, 0.15) is 0 Å². The smallest absolute Gasteiger partial charge is 0.344 e. The topological polar surface area (TPSA) is 30.3 Å². The number of nitriles is 1. The van der Waals surface area contributed by atoms with Crippen LogP contribution >= 0.6 is 0 Å². The van der Waals surface area contributed by atoms with Crippen molar-refractivity contribution < 1.29 is 26.3 Å². The van der Waals surface area contributed by atoms with Crippen molar-refractivity contribution in [1.29, 1.82) is 5.26 Å². The minimum absolute atomic E-state index is 0.0178. The molecule has 0 radical (unpaired) electrons. The van der Waals surface area contributed by atoms with E-state index in [9.17, 15) is 31.6 Å². The molecular weight excluding hydrogens is 684 g/mol. The van der Waals surface area contributed by atoms with E-state index in [-0.39, 0.29) is 17.0 Å². The third-order valence-electron chi connectivity index (χ3n) is 10.2. The Bertz CT molecular complexity index is 2200. The van der Waals surface area contributed by atoms with E-state index in [2.05, 4.69) is 56.9 Å². The van der Waals surface area contributed by atoms with Crippen LogP contribution in [-0.2, 0) is 30.6 Å². The number of halogens is 6. The molecule has 0 bridgehead atoms. The summed E-state index contributed by atoms with van der Waals surface area (Å²) in [4.78, 5) is 4.01. The molecule has 0 spiro atoms. The van der Waals surface area contributed by atoms with Gasteiger partial charge in [0.05, 0.1) is 22.8 Å². The van der Waals surface area contributed by atoms with E-state index in [4.69, 9.17) is 0 Å². The van der Waals surface area contributed by atoms with E-state index >= 15 is 0 Å². The third-order valence-corrected chi connectivity index (χ3v) is 10.2. The predicted octanol–water partition coefficient (Wildman–Crippen LogP) is 12.9. The van der Waals surface area contributed by atoms with Crippen molar-refractivity contribution in [2.24, 2.45) is 0 Å². The molecule has 0 amide bonds. The maximum Gasteiger partial charge on any atom is 0.417 e. The zero-order valence-electron chi connectivity index (χ0n) is 30.8. The Morgan fingerprint density at radius 2 is 1.43 bits per heavy atom. The van der Waals surface area contributed by atoms with Crippen LogP contribution in [0, 0.1) is 18.3 Å². The van der Waals surface area contributed by atoms with Crippen LogP contribution in [-0.4, -0.2) is 13.1 Å². The Labute approximate surface area is 307 Å². The summed E-state index contributed by atoms with van der Waals surface area (Å²) in [6.45, 7) is 12.5. The molecule has 1 aliphatic heterocycles. The van der Waals surface area contributed by atoms with Gasteiger partial charge in [-0.3, -0.25) is 0 Å². The van der Waals surface area contributed by atoms with E-state index in [0.717, 1.165) is 47.1 Å². The second kappa shape index (κ2) is 13.6. The van der Waals surface area contributed by atoms with E-state index in [1.165, 1.54) is 23.3 Å². The summed E-state index contributed by atoms with van der Waals surface area (Å²) >= 11 is 0. The van der Waals surface area contributed by atoms with E-state index in [1.807, 2.05) is 38.1 Å². The van der Waals surface area contributed by atoms with Crippen LogP contribution < -0.4 is 9.80 Å². The van der Waals surface area contributed by atoms with Crippen LogP contribution in [0.5, 0.6) is 0 Å². The predicted molar refractivity (Wildman–Crippen MR) is 201 cm³/mol. The fourth-order valence-corrected chi connectivity index (χ4v) is 7.47. The van der Waals surface area contributed by atoms with Gasteiger partial charge in [0.25, 0.3) is 0 Å². The number of benzene rings is 5. The van der Waals surface area contributed by atoms with E-state index in [0.29, 0.717) is 34.5 Å². The van der Waals surface area contributed by atoms with Crippen molar-refractivity contribution in [3.63, 3.8) is 0 Å². The molecule has 6 rings (SSSR count). The molecule has 0 aromatic heterocycles. The highest BCUT2D eigenvalue weighted by Crippen LogP contribution is 2.50. The summed E-state index contributed by atoms with van der Waals surface area (Å²) in [6, 6.07) is 26.4. The quantitative estimate of drug-likeness (QED) is 0.163. The zero-order valence-corrected chi connectivity index (χ0v) is 30.8. The molecule has 1 unspecified atom stereocenters. The molecule has 274 valence electrons. The van der Waals surface area contributed by atoms with Gasteiger partial charge in [-0.15, -0.1) is 0 Å². The minimum atomic E-state index is -5.05. The molecule has 3 nitrogen and oxygen atoms in total. The first-order chi connectivity index (χ1) is 24.8. The average Bonchev–Trinajstić information content (AvgIpc) is 3.44. The lowest BCUT2D eigenvalue weighted by atomic mass is 9.86. The molecule has 1 aliphatic rings. The number of hydrogen-bond donors (Lipinski definition) is 0. The molecule has 1 heterocycles. The van der Waals surface area contributed by atoms with Gasteiger partial charge in [-0.05, 0) is 108 Å². The van der Waals surface area contributed by atoms with Gasteiger partial charge in [-0.25, -0.2) is 0 Å². The Balaban J connectivity index is 1.65. The molecule has 0 fully saturated rings. The minimum Gasteiger partial charge on any atom is -0.344 e. The van der Waals surface area contributed by atoms with Gasteiger partial charge in [-0.2, -0.15) is 31.6 Å². The van der Waals surface area contributed by atoms with Gasteiger partial charge < -0.3 is 9.80 Å². The molecule has 0 aliphatic carbocycles. The first-order valence-corrected chi connectivity index (χ1v) is 17.6. The second-order valence-electron chi connectivity index (χ2n) is 14.8. The highest BCUT2D eigenvalue weighted by atomic mass is 19.4. The summed E-state index contributed by atoms with van der Waals surface area (Å²) in [7, 11) is 1.76. The van der Waals surface area contributed by atoms with Gasteiger partial charge >= 0.3 is 12.4 Å². The van der Waals surface area contributed by atoms with Gasteiger partial charge in [0.2, 0.25) is 0 Å². The number of hydrogen-bond acceptors (Lipinski definition) is 3. The first kappa shape index (κ1) is 37.5. The average molecular weight is 726 g/mol. The van der Waals surface area contributed by atoms with Crippen LogP contribution in [0.1, 0.15) is 73.6 Å². The normalized spacial score (nSPS) is 14.6. The van der Waals surface area contributed by atoms with Crippen molar-refractivity contribution >= 4 is 22.7 Å². The molecule has 5 aromatic rings. The van der Waals surface area contributed by atoms with Crippen molar-refractivity contribution in [2.75, 3.05) is 16.8 Å². The third kappa shape index (κ3) is 7.12. The molecule has 0 saturated heterocycles. The Kier molecular flexibility index (Phi) is 9.65.